The van der Waals surface area contributed by atoms with E-state index in [1.54, 1.807) is 13.1 Å². The van der Waals surface area contributed by atoms with E-state index in [-0.39, 0.29) is 18.2 Å². The lowest BCUT2D eigenvalue weighted by molar-refractivity contribution is -0.138. The lowest BCUT2D eigenvalue weighted by Crippen LogP contribution is -2.51. The molecule has 0 fully saturated rings. The van der Waals surface area contributed by atoms with Crippen molar-refractivity contribution in [3.05, 3.63) is 17.5 Å². The van der Waals surface area contributed by atoms with Crippen molar-refractivity contribution >= 4 is 11.9 Å². The molecule has 22 heavy (non-hydrogen) atoms. The number of amides is 1. The van der Waals surface area contributed by atoms with Gasteiger partial charge in [0.1, 0.15) is 0 Å². The first-order chi connectivity index (χ1) is 10.1. The van der Waals surface area contributed by atoms with Gasteiger partial charge in [0.2, 0.25) is 0 Å². The van der Waals surface area contributed by atoms with Crippen LogP contribution in [0.4, 0.5) is 0 Å². The van der Waals surface area contributed by atoms with E-state index in [9.17, 15) is 9.59 Å². The Labute approximate surface area is 131 Å². The second kappa shape index (κ2) is 6.94. The molecule has 1 aromatic heterocycles. The molecule has 1 unspecified atom stereocenters. The zero-order chi connectivity index (χ0) is 17.1. The van der Waals surface area contributed by atoms with Crippen LogP contribution in [0.25, 0.3) is 0 Å². The first kappa shape index (κ1) is 18.2. The Kier molecular flexibility index (Phi) is 5.74. The van der Waals surface area contributed by atoms with Crippen molar-refractivity contribution in [2.75, 3.05) is 0 Å². The van der Waals surface area contributed by atoms with Gasteiger partial charge in [-0.2, -0.15) is 5.10 Å². The maximum Gasteiger partial charge on any atom is 0.305 e. The number of hydrogen-bond acceptors (Lipinski definition) is 3. The van der Waals surface area contributed by atoms with Crippen molar-refractivity contribution in [1.82, 2.24) is 15.1 Å². The largest absolute Gasteiger partial charge is 0.481 e. The van der Waals surface area contributed by atoms with E-state index in [4.69, 9.17) is 5.11 Å². The second-order valence-corrected chi connectivity index (χ2v) is 6.82. The van der Waals surface area contributed by atoms with Gasteiger partial charge in [-0.25, -0.2) is 0 Å². The molecule has 124 valence electrons. The van der Waals surface area contributed by atoms with E-state index < -0.39 is 11.5 Å². The third-order valence-corrected chi connectivity index (χ3v) is 4.08. The molecule has 1 aromatic rings. The highest BCUT2D eigenvalue weighted by Crippen LogP contribution is 2.22. The summed E-state index contributed by atoms with van der Waals surface area (Å²) in [5, 5.41) is 16.2. The number of aliphatic carboxylic acids is 1. The molecule has 1 atom stereocenters. The predicted octanol–water partition coefficient (Wildman–Crippen LogP) is 2.47. The molecule has 0 saturated heterocycles. The molecule has 6 heteroatoms. The van der Waals surface area contributed by atoms with Gasteiger partial charge in [-0.1, -0.05) is 27.7 Å². The number of hydrogen-bond donors (Lipinski definition) is 2. The van der Waals surface area contributed by atoms with E-state index >= 15 is 0 Å². The Morgan fingerprint density at radius 3 is 2.41 bits per heavy atom. The highest BCUT2D eigenvalue weighted by Gasteiger charge is 2.33. The standard InChI is InChI=1S/C16H27N3O3/c1-10(2)9-19-12(5)13(8-17-19)15(22)18-16(6,11(3)4)7-14(20)21/h8,10-11H,7,9H2,1-6H3,(H,18,22)(H,20,21). The molecular weight excluding hydrogens is 282 g/mol. The summed E-state index contributed by atoms with van der Waals surface area (Å²) in [6.45, 7) is 12.3. The van der Waals surface area contributed by atoms with Gasteiger partial charge in [0.15, 0.2) is 0 Å². The topological polar surface area (TPSA) is 84.2 Å². The third-order valence-electron chi connectivity index (χ3n) is 4.08. The van der Waals surface area contributed by atoms with Gasteiger partial charge in [-0.3, -0.25) is 14.3 Å². The molecular formula is C16H27N3O3. The van der Waals surface area contributed by atoms with Crippen LogP contribution in [0.1, 0.15) is 57.1 Å². The van der Waals surface area contributed by atoms with Crippen molar-refractivity contribution in [3.63, 3.8) is 0 Å². The van der Waals surface area contributed by atoms with Gasteiger partial charge in [0.25, 0.3) is 5.91 Å². The maximum atomic E-state index is 12.5. The fourth-order valence-electron chi connectivity index (χ4n) is 2.23. The summed E-state index contributed by atoms with van der Waals surface area (Å²) in [5.41, 5.74) is 0.501. The third kappa shape index (κ3) is 4.32. The molecule has 1 rings (SSSR count). The Morgan fingerprint density at radius 2 is 1.95 bits per heavy atom. The van der Waals surface area contributed by atoms with Gasteiger partial charge >= 0.3 is 5.97 Å². The highest BCUT2D eigenvalue weighted by atomic mass is 16.4. The number of carboxylic acid groups (broad SMARTS) is 1. The van der Waals surface area contributed by atoms with Crippen LogP contribution < -0.4 is 5.32 Å². The number of aromatic nitrogens is 2. The first-order valence-corrected chi connectivity index (χ1v) is 7.63. The molecule has 0 aliphatic heterocycles. The molecule has 0 bridgehead atoms. The van der Waals surface area contributed by atoms with Crippen LogP contribution in [0.5, 0.6) is 0 Å². The predicted molar refractivity (Wildman–Crippen MR) is 84.8 cm³/mol. The number of nitrogens with zero attached hydrogens (tertiary/aromatic N) is 2. The fourth-order valence-corrected chi connectivity index (χ4v) is 2.23. The lowest BCUT2D eigenvalue weighted by Gasteiger charge is -2.33. The monoisotopic (exact) mass is 309 g/mol. The summed E-state index contributed by atoms with van der Waals surface area (Å²) in [6.07, 6.45) is 1.43. The average molecular weight is 309 g/mol. The zero-order valence-electron chi connectivity index (χ0n) is 14.3. The number of nitrogens with one attached hydrogen (secondary N) is 1. The second-order valence-electron chi connectivity index (χ2n) is 6.82. The van der Waals surface area contributed by atoms with Gasteiger partial charge in [-0.05, 0) is 25.7 Å². The fraction of sp³-hybridized carbons (Fsp3) is 0.688. The number of rotatable bonds is 7. The summed E-state index contributed by atoms with van der Waals surface area (Å²) in [6, 6.07) is 0. The number of carbonyl (C=O) groups excluding carboxylic acids is 1. The first-order valence-electron chi connectivity index (χ1n) is 7.63. The summed E-state index contributed by atoms with van der Waals surface area (Å²) in [5.74, 6) is -0.769. The van der Waals surface area contributed by atoms with E-state index in [0.717, 1.165) is 12.2 Å². The quantitative estimate of drug-likeness (QED) is 0.810. The van der Waals surface area contributed by atoms with Crippen LogP contribution in [0.2, 0.25) is 0 Å². The Balaban J connectivity index is 2.96. The van der Waals surface area contributed by atoms with Gasteiger partial charge < -0.3 is 10.4 Å². The molecule has 1 amide bonds. The van der Waals surface area contributed by atoms with Crippen LogP contribution in [0, 0.1) is 18.8 Å². The van der Waals surface area contributed by atoms with Gasteiger partial charge in [-0.15, -0.1) is 0 Å². The molecule has 0 spiro atoms. The van der Waals surface area contributed by atoms with Gasteiger partial charge in [0.05, 0.1) is 23.7 Å². The van der Waals surface area contributed by atoms with Crippen molar-refractivity contribution in [2.24, 2.45) is 11.8 Å². The zero-order valence-corrected chi connectivity index (χ0v) is 14.3. The lowest BCUT2D eigenvalue weighted by atomic mass is 9.85. The van der Waals surface area contributed by atoms with E-state index in [0.29, 0.717) is 11.5 Å². The molecule has 2 N–H and O–H groups in total. The van der Waals surface area contributed by atoms with Crippen molar-refractivity contribution < 1.29 is 14.7 Å². The summed E-state index contributed by atoms with van der Waals surface area (Å²) < 4.78 is 1.81. The summed E-state index contributed by atoms with van der Waals surface area (Å²) >= 11 is 0. The number of carboxylic acids is 1. The van der Waals surface area contributed by atoms with Crippen molar-refractivity contribution in [2.45, 2.75) is 60.0 Å². The summed E-state index contributed by atoms with van der Waals surface area (Å²) in [7, 11) is 0. The Morgan fingerprint density at radius 1 is 1.36 bits per heavy atom. The molecule has 1 heterocycles. The highest BCUT2D eigenvalue weighted by molar-refractivity contribution is 5.95. The van der Waals surface area contributed by atoms with Crippen molar-refractivity contribution in [3.8, 4) is 0 Å². The maximum absolute atomic E-state index is 12.5. The molecule has 0 aliphatic carbocycles. The minimum atomic E-state index is -0.927. The van der Waals surface area contributed by atoms with E-state index in [2.05, 4.69) is 24.3 Å². The van der Waals surface area contributed by atoms with Crippen LogP contribution in [0.15, 0.2) is 6.20 Å². The van der Waals surface area contributed by atoms with E-state index in [1.807, 2.05) is 25.5 Å². The van der Waals surface area contributed by atoms with Crippen LogP contribution in [-0.4, -0.2) is 32.3 Å². The normalized spacial score (nSPS) is 14.2. The Hall–Kier alpha value is -1.85. The van der Waals surface area contributed by atoms with Crippen LogP contribution in [0.3, 0.4) is 0 Å². The smallest absolute Gasteiger partial charge is 0.305 e. The summed E-state index contributed by atoms with van der Waals surface area (Å²) in [4.78, 5) is 23.6. The Bertz CT molecular complexity index is 549. The molecule has 0 aromatic carbocycles. The molecule has 0 aliphatic rings. The minimum absolute atomic E-state index is 0.00133. The van der Waals surface area contributed by atoms with Gasteiger partial charge in [0, 0.05) is 12.2 Å². The SMILES string of the molecule is Cc1c(C(=O)NC(C)(CC(=O)O)C(C)C)cnn1CC(C)C. The molecule has 0 radical (unpaired) electrons. The van der Waals surface area contributed by atoms with Crippen molar-refractivity contribution in [1.29, 1.82) is 0 Å². The average Bonchev–Trinajstić information content (AvgIpc) is 2.69. The molecule has 6 nitrogen and oxygen atoms in total. The molecule has 0 saturated carbocycles. The minimum Gasteiger partial charge on any atom is -0.481 e. The number of carbonyl (C=O) groups is 2. The van der Waals surface area contributed by atoms with Crippen LogP contribution >= 0.6 is 0 Å². The van der Waals surface area contributed by atoms with Crippen LogP contribution in [-0.2, 0) is 11.3 Å². The van der Waals surface area contributed by atoms with E-state index in [1.165, 1.54) is 0 Å².